The molecule has 5 heteroatoms. The number of carbonyl (C=O) groups is 1. The second-order valence-corrected chi connectivity index (χ2v) is 5.62. The first-order valence-corrected chi connectivity index (χ1v) is 6.73. The third-order valence-corrected chi connectivity index (χ3v) is 3.90. The van der Waals surface area contributed by atoms with E-state index in [2.05, 4.69) is 27.8 Å². The van der Waals surface area contributed by atoms with Crippen molar-refractivity contribution < 1.29 is 9.18 Å². The molecule has 0 N–H and O–H groups in total. The highest BCUT2D eigenvalue weighted by Crippen LogP contribution is 2.18. The normalized spacial score (nSPS) is 21.1. The number of hydrogen-bond acceptors (Lipinski definition) is 2. The average molecular weight is 315 g/mol. The maximum Gasteiger partial charge on any atom is 0.256 e. The SMILES string of the molecule is CC1CN(C(=O)c2ccc(Br)cc2F)CCN1C. The van der Waals surface area contributed by atoms with Crippen molar-refractivity contribution in [1.82, 2.24) is 9.80 Å². The van der Waals surface area contributed by atoms with Crippen LogP contribution in [0, 0.1) is 5.82 Å². The van der Waals surface area contributed by atoms with Crippen molar-refractivity contribution in [2.24, 2.45) is 0 Å². The molecule has 98 valence electrons. The molecule has 1 saturated heterocycles. The van der Waals surface area contributed by atoms with E-state index >= 15 is 0 Å². The van der Waals surface area contributed by atoms with Crippen LogP contribution in [0.25, 0.3) is 0 Å². The maximum absolute atomic E-state index is 13.7. The fourth-order valence-electron chi connectivity index (χ4n) is 2.07. The average Bonchev–Trinajstić information content (AvgIpc) is 2.32. The molecule has 1 heterocycles. The van der Waals surface area contributed by atoms with Crippen LogP contribution < -0.4 is 0 Å². The van der Waals surface area contributed by atoms with Crippen molar-refractivity contribution in [2.45, 2.75) is 13.0 Å². The van der Waals surface area contributed by atoms with Gasteiger partial charge in [-0.1, -0.05) is 15.9 Å². The summed E-state index contributed by atoms with van der Waals surface area (Å²) < 4.78 is 14.4. The highest BCUT2D eigenvalue weighted by Gasteiger charge is 2.26. The number of hydrogen-bond donors (Lipinski definition) is 0. The summed E-state index contributed by atoms with van der Waals surface area (Å²) in [5.74, 6) is -0.694. The Balaban J connectivity index is 2.16. The number of carbonyl (C=O) groups excluding carboxylic acids is 1. The molecule has 0 radical (unpaired) electrons. The van der Waals surface area contributed by atoms with Gasteiger partial charge in [0.05, 0.1) is 5.56 Å². The van der Waals surface area contributed by atoms with E-state index in [0.29, 0.717) is 23.6 Å². The van der Waals surface area contributed by atoms with Crippen LogP contribution in [-0.4, -0.2) is 48.4 Å². The molecule has 0 spiro atoms. The Bertz CT molecular complexity index is 466. The van der Waals surface area contributed by atoms with Gasteiger partial charge in [0.1, 0.15) is 5.82 Å². The Hall–Kier alpha value is -0.940. The zero-order chi connectivity index (χ0) is 13.3. The summed E-state index contributed by atoms with van der Waals surface area (Å²) in [6.07, 6.45) is 0. The lowest BCUT2D eigenvalue weighted by Crippen LogP contribution is -2.52. The van der Waals surface area contributed by atoms with Gasteiger partial charge in [0.25, 0.3) is 5.91 Å². The minimum atomic E-state index is -0.471. The number of piperazine rings is 1. The number of rotatable bonds is 1. The quantitative estimate of drug-likeness (QED) is 0.794. The van der Waals surface area contributed by atoms with Gasteiger partial charge >= 0.3 is 0 Å². The van der Waals surface area contributed by atoms with Crippen LogP contribution in [0.3, 0.4) is 0 Å². The van der Waals surface area contributed by atoms with Gasteiger partial charge in [-0.25, -0.2) is 4.39 Å². The molecule has 0 bridgehead atoms. The number of benzene rings is 1. The number of likely N-dealkylation sites (N-methyl/N-ethyl adjacent to an activating group) is 1. The van der Waals surface area contributed by atoms with E-state index < -0.39 is 5.82 Å². The van der Waals surface area contributed by atoms with E-state index in [-0.39, 0.29) is 11.5 Å². The largest absolute Gasteiger partial charge is 0.336 e. The number of amides is 1. The minimum absolute atomic E-state index is 0.148. The van der Waals surface area contributed by atoms with Gasteiger partial charge in [0.15, 0.2) is 0 Å². The first kappa shape index (κ1) is 13.5. The lowest BCUT2D eigenvalue weighted by molar-refractivity contribution is 0.0568. The number of halogens is 2. The molecule has 0 aromatic heterocycles. The molecule has 1 amide bonds. The van der Waals surface area contributed by atoms with Crippen molar-refractivity contribution in [3.05, 3.63) is 34.1 Å². The van der Waals surface area contributed by atoms with Crippen LogP contribution in [0.5, 0.6) is 0 Å². The van der Waals surface area contributed by atoms with E-state index in [1.54, 1.807) is 11.0 Å². The van der Waals surface area contributed by atoms with Gasteiger partial charge < -0.3 is 9.80 Å². The molecule has 1 aliphatic heterocycles. The Labute approximate surface area is 115 Å². The number of nitrogens with zero attached hydrogens (tertiary/aromatic N) is 2. The first-order valence-electron chi connectivity index (χ1n) is 5.93. The Morgan fingerprint density at radius 2 is 2.17 bits per heavy atom. The molecule has 1 fully saturated rings. The zero-order valence-electron chi connectivity index (χ0n) is 10.5. The molecule has 18 heavy (non-hydrogen) atoms. The molecular weight excluding hydrogens is 299 g/mol. The molecule has 1 aromatic carbocycles. The molecule has 1 aromatic rings. The fraction of sp³-hybridized carbons (Fsp3) is 0.462. The first-order chi connectivity index (χ1) is 8.49. The standard InChI is InChI=1S/C13H16BrFN2O/c1-9-8-17(6-5-16(9)2)13(18)11-4-3-10(14)7-12(11)15/h3-4,7,9H,5-6,8H2,1-2H3. The summed E-state index contributed by atoms with van der Waals surface area (Å²) in [7, 11) is 2.03. The zero-order valence-corrected chi connectivity index (χ0v) is 12.1. The van der Waals surface area contributed by atoms with E-state index in [0.717, 1.165) is 6.54 Å². The van der Waals surface area contributed by atoms with Crippen molar-refractivity contribution in [3.8, 4) is 0 Å². The highest BCUT2D eigenvalue weighted by molar-refractivity contribution is 9.10. The second-order valence-electron chi connectivity index (χ2n) is 4.70. The third-order valence-electron chi connectivity index (χ3n) is 3.41. The van der Waals surface area contributed by atoms with Crippen LogP contribution in [0.15, 0.2) is 22.7 Å². The van der Waals surface area contributed by atoms with Gasteiger partial charge in [0, 0.05) is 30.1 Å². The predicted octanol–water partition coefficient (Wildman–Crippen LogP) is 2.36. The predicted molar refractivity (Wildman–Crippen MR) is 72.1 cm³/mol. The maximum atomic E-state index is 13.7. The van der Waals surface area contributed by atoms with Crippen LogP contribution in [-0.2, 0) is 0 Å². The summed E-state index contributed by atoms with van der Waals surface area (Å²) in [4.78, 5) is 16.2. The highest BCUT2D eigenvalue weighted by atomic mass is 79.9. The van der Waals surface area contributed by atoms with Crippen LogP contribution >= 0.6 is 15.9 Å². The lowest BCUT2D eigenvalue weighted by atomic mass is 10.1. The van der Waals surface area contributed by atoms with Crippen LogP contribution in [0.4, 0.5) is 4.39 Å². The summed E-state index contributed by atoms with van der Waals surface area (Å²) in [5, 5.41) is 0. The molecule has 1 aliphatic rings. The molecule has 3 nitrogen and oxygen atoms in total. The van der Waals surface area contributed by atoms with E-state index in [9.17, 15) is 9.18 Å². The summed E-state index contributed by atoms with van der Waals surface area (Å²) in [6.45, 7) is 4.18. The van der Waals surface area contributed by atoms with Crippen LogP contribution in [0.2, 0.25) is 0 Å². The molecule has 2 rings (SSSR count). The van der Waals surface area contributed by atoms with Crippen molar-refractivity contribution in [1.29, 1.82) is 0 Å². The Kier molecular flexibility index (Phi) is 4.02. The summed E-state index contributed by atoms with van der Waals surface area (Å²) >= 11 is 3.19. The third kappa shape index (κ3) is 2.72. The van der Waals surface area contributed by atoms with Gasteiger partial charge in [-0.3, -0.25) is 4.79 Å². The van der Waals surface area contributed by atoms with Gasteiger partial charge in [-0.05, 0) is 32.2 Å². The second kappa shape index (κ2) is 5.36. The van der Waals surface area contributed by atoms with Crippen molar-refractivity contribution in [2.75, 3.05) is 26.7 Å². The smallest absolute Gasteiger partial charge is 0.256 e. The van der Waals surface area contributed by atoms with E-state index in [1.165, 1.54) is 12.1 Å². The van der Waals surface area contributed by atoms with Crippen molar-refractivity contribution >= 4 is 21.8 Å². The summed E-state index contributed by atoms with van der Waals surface area (Å²) in [6, 6.07) is 4.86. The lowest BCUT2D eigenvalue weighted by Gasteiger charge is -2.37. The van der Waals surface area contributed by atoms with E-state index in [1.807, 2.05) is 7.05 Å². The van der Waals surface area contributed by atoms with Gasteiger partial charge in [-0.15, -0.1) is 0 Å². The monoisotopic (exact) mass is 314 g/mol. The molecule has 1 unspecified atom stereocenters. The van der Waals surface area contributed by atoms with Crippen molar-refractivity contribution in [3.63, 3.8) is 0 Å². The molecule has 0 aliphatic carbocycles. The topological polar surface area (TPSA) is 23.6 Å². The Morgan fingerprint density at radius 1 is 1.44 bits per heavy atom. The summed E-state index contributed by atoms with van der Waals surface area (Å²) in [5.41, 5.74) is 0.148. The fourth-order valence-corrected chi connectivity index (χ4v) is 2.40. The molecular formula is C13H16BrFN2O. The van der Waals surface area contributed by atoms with Gasteiger partial charge in [0.2, 0.25) is 0 Å². The Morgan fingerprint density at radius 3 is 2.78 bits per heavy atom. The molecule has 0 saturated carbocycles. The molecule has 1 atom stereocenters. The van der Waals surface area contributed by atoms with E-state index in [4.69, 9.17) is 0 Å². The van der Waals surface area contributed by atoms with Gasteiger partial charge in [-0.2, -0.15) is 0 Å². The van der Waals surface area contributed by atoms with Crippen LogP contribution in [0.1, 0.15) is 17.3 Å². The minimum Gasteiger partial charge on any atom is -0.336 e.